The third-order valence-electron chi connectivity index (χ3n) is 3.05. The molecule has 1 heterocycles. The summed E-state index contributed by atoms with van der Waals surface area (Å²) in [5, 5.41) is 12.3. The van der Waals surface area contributed by atoms with Crippen molar-refractivity contribution in [2.45, 2.75) is 44.2 Å². The predicted molar refractivity (Wildman–Crippen MR) is 44.5 cm³/mol. The normalized spacial score (nSPS) is 41.8. The minimum atomic E-state index is -0.190. The number of carbonyl (C=O) groups excluding carboxylic acids is 1. The molecule has 3 nitrogen and oxygen atoms in total. The molecule has 1 amide bonds. The minimum absolute atomic E-state index is 0.158. The molecule has 12 heavy (non-hydrogen) atoms. The Labute approximate surface area is 72.2 Å². The van der Waals surface area contributed by atoms with Crippen molar-refractivity contribution in [1.82, 2.24) is 5.32 Å². The second-order valence-corrected chi connectivity index (χ2v) is 3.94. The van der Waals surface area contributed by atoms with E-state index >= 15 is 0 Å². The van der Waals surface area contributed by atoms with Gasteiger partial charge in [0.25, 0.3) is 0 Å². The zero-order valence-corrected chi connectivity index (χ0v) is 7.12. The molecular weight excluding hydrogens is 154 g/mol. The predicted octanol–water partition coefficient (Wildman–Crippen LogP) is 0.426. The first-order valence-corrected chi connectivity index (χ1v) is 4.73. The van der Waals surface area contributed by atoms with E-state index in [9.17, 15) is 9.90 Å². The van der Waals surface area contributed by atoms with Crippen LogP contribution >= 0.6 is 0 Å². The fraction of sp³-hybridized carbons (Fsp3) is 0.889. The molecule has 2 aliphatic rings. The van der Waals surface area contributed by atoms with Gasteiger partial charge in [-0.25, -0.2) is 0 Å². The van der Waals surface area contributed by atoms with E-state index < -0.39 is 0 Å². The molecular formula is C9H15NO2. The van der Waals surface area contributed by atoms with Gasteiger partial charge in [0.05, 0.1) is 6.10 Å². The van der Waals surface area contributed by atoms with E-state index in [1.54, 1.807) is 0 Å². The zero-order valence-electron chi connectivity index (χ0n) is 7.12. The van der Waals surface area contributed by atoms with Gasteiger partial charge in [-0.2, -0.15) is 0 Å². The molecule has 2 rings (SSSR count). The van der Waals surface area contributed by atoms with E-state index in [4.69, 9.17) is 0 Å². The molecule has 2 fully saturated rings. The third-order valence-corrected chi connectivity index (χ3v) is 3.05. The maximum absolute atomic E-state index is 11.0. The lowest BCUT2D eigenvalue weighted by molar-refractivity contribution is -0.125. The van der Waals surface area contributed by atoms with Crippen LogP contribution in [0.2, 0.25) is 0 Å². The first kappa shape index (κ1) is 8.05. The van der Waals surface area contributed by atoms with Crippen molar-refractivity contribution in [1.29, 1.82) is 0 Å². The van der Waals surface area contributed by atoms with E-state index in [2.05, 4.69) is 5.32 Å². The summed E-state index contributed by atoms with van der Waals surface area (Å²) in [5.74, 6) is 0.788. The van der Waals surface area contributed by atoms with Crippen molar-refractivity contribution >= 4 is 5.91 Å². The number of aliphatic hydroxyl groups excluding tert-OH is 1. The SMILES string of the molecule is O=C1CC[C@H]2CCC(O)C[C@@H]2N1. The molecule has 1 aliphatic heterocycles. The first-order valence-electron chi connectivity index (χ1n) is 4.73. The van der Waals surface area contributed by atoms with Gasteiger partial charge in [-0.15, -0.1) is 0 Å². The second kappa shape index (κ2) is 3.05. The van der Waals surface area contributed by atoms with Crippen molar-refractivity contribution in [3.8, 4) is 0 Å². The van der Waals surface area contributed by atoms with Gasteiger partial charge in [0.1, 0.15) is 0 Å². The summed E-state index contributed by atoms with van der Waals surface area (Å²) in [5.41, 5.74) is 0. The summed E-state index contributed by atoms with van der Waals surface area (Å²) in [6.07, 6.45) is 4.25. The standard InChI is InChI=1S/C9H15NO2/c11-7-3-1-6-2-4-9(12)10-8(6)5-7/h6-8,11H,1-5H2,(H,10,12)/t6-,7?,8+/m1/s1. The van der Waals surface area contributed by atoms with Crippen LogP contribution in [0.1, 0.15) is 32.1 Å². The molecule has 1 saturated carbocycles. The maximum Gasteiger partial charge on any atom is 0.220 e. The number of rotatable bonds is 0. The third kappa shape index (κ3) is 1.46. The quantitative estimate of drug-likeness (QED) is 0.552. The highest BCUT2D eigenvalue weighted by molar-refractivity contribution is 5.77. The molecule has 3 heteroatoms. The number of hydrogen-bond acceptors (Lipinski definition) is 2. The van der Waals surface area contributed by atoms with Crippen molar-refractivity contribution in [2.24, 2.45) is 5.92 Å². The largest absolute Gasteiger partial charge is 0.393 e. The summed E-state index contributed by atoms with van der Waals surface area (Å²) >= 11 is 0. The summed E-state index contributed by atoms with van der Waals surface area (Å²) in [4.78, 5) is 11.0. The van der Waals surface area contributed by atoms with Crippen molar-refractivity contribution in [2.75, 3.05) is 0 Å². The summed E-state index contributed by atoms with van der Waals surface area (Å²) in [6, 6.07) is 0.259. The van der Waals surface area contributed by atoms with E-state index in [0.29, 0.717) is 12.3 Å². The van der Waals surface area contributed by atoms with E-state index in [1.807, 2.05) is 0 Å². The van der Waals surface area contributed by atoms with Gasteiger partial charge in [0, 0.05) is 12.5 Å². The second-order valence-electron chi connectivity index (χ2n) is 3.94. The molecule has 0 aromatic heterocycles. The average Bonchev–Trinajstić information content (AvgIpc) is 2.03. The minimum Gasteiger partial charge on any atom is -0.393 e. The average molecular weight is 169 g/mol. The number of fused-ring (bicyclic) bond motifs is 1. The molecule has 1 saturated heterocycles. The van der Waals surface area contributed by atoms with Crippen molar-refractivity contribution < 1.29 is 9.90 Å². The van der Waals surface area contributed by atoms with Gasteiger partial charge >= 0.3 is 0 Å². The van der Waals surface area contributed by atoms with E-state index in [1.165, 1.54) is 0 Å². The Morgan fingerprint density at radius 1 is 1.33 bits per heavy atom. The zero-order chi connectivity index (χ0) is 8.55. The highest BCUT2D eigenvalue weighted by atomic mass is 16.3. The Morgan fingerprint density at radius 2 is 2.17 bits per heavy atom. The topological polar surface area (TPSA) is 49.3 Å². The van der Waals surface area contributed by atoms with Crippen LogP contribution in [0.5, 0.6) is 0 Å². The highest BCUT2D eigenvalue weighted by Gasteiger charge is 2.33. The Balaban J connectivity index is 1.99. The lowest BCUT2D eigenvalue weighted by Crippen LogP contribution is -2.49. The number of nitrogens with one attached hydrogen (secondary N) is 1. The van der Waals surface area contributed by atoms with Crippen LogP contribution in [0, 0.1) is 5.92 Å². The molecule has 1 aliphatic carbocycles. The monoisotopic (exact) mass is 169 g/mol. The van der Waals surface area contributed by atoms with Crippen LogP contribution in [0.25, 0.3) is 0 Å². The Hall–Kier alpha value is -0.570. The molecule has 68 valence electrons. The molecule has 0 spiro atoms. The Morgan fingerprint density at radius 3 is 3.00 bits per heavy atom. The summed E-state index contributed by atoms with van der Waals surface area (Å²) < 4.78 is 0. The van der Waals surface area contributed by atoms with Crippen LogP contribution in [0.3, 0.4) is 0 Å². The molecule has 0 bridgehead atoms. The van der Waals surface area contributed by atoms with Gasteiger partial charge in [0.2, 0.25) is 5.91 Å². The number of aliphatic hydroxyl groups is 1. The molecule has 0 radical (unpaired) electrons. The van der Waals surface area contributed by atoms with Crippen LogP contribution in [-0.4, -0.2) is 23.2 Å². The number of amides is 1. The van der Waals surface area contributed by atoms with Gasteiger partial charge in [0.15, 0.2) is 0 Å². The Kier molecular flexibility index (Phi) is 2.05. The molecule has 0 aromatic rings. The fourth-order valence-corrected chi connectivity index (χ4v) is 2.33. The van der Waals surface area contributed by atoms with Crippen LogP contribution in [0.15, 0.2) is 0 Å². The highest BCUT2D eigenvalue weighted by Crippen LogP contribution is 2.30. The number of piperidine rings is 1. The molecule has 2 N–H and O–H groups in total. The lowest BCUT2D eigenvalue weighted by Gasteiger charge is -2.37. The lowest BCUT2D eigenvalue weighted by atomic mass is 9.78. The number of carbonyl (C=O) groups is 1. The van der Waals surface area contributed by atoms with Crippen LogP contribution in [0.4, 0.5) is 0 Å². The van der Waals surface area contributed by atoms with Gasteiger partial charge in [-0.3, -0.25) is 4.79 Å². The van der Waals surface area contributed by atoms with Gasteiger partial charge in [-0.05, 0) is 31.6 Å². The fourth-order valence-electron chi connectivity index (χ4n) is 2.33. The van der Waals surface area contributed by atoms with Crippen LogP contribution in [-0.2, 0) is 4.79 Å². The first-order chi connectivity index (χ1) is 5.75. The van der Waals surface area contributed by atoms with E-state index in [-0.39, 0.29) is 18.1 Å². The van der Waals surface area contributed by atoms with E-state index in [0.717, 1.165) is 25.7 Å². The maximum atomic E-state index is 11.0. The number of hydrogen-bond donors (Lipinski definition) is 2. The summed E-state index contributed by atoms with van der Waals surface area (Å²) in [6.45, 7) is 0. The Bertz CT molecular complexity index is 193. The van der Waals surface area contributed by atoms with Crippen molar-refractivity contribution in [3.63, 3.8) is 0 Å². The van der Waals surface area contributed by atoms with Gasteiger partial charge < -0.3 is 10.4 Å². The smallest absolute Gasteiger partial charge is 0.220 e. The van der Waals surface area contributed by atoms with Crippen molar-refractivity contribution in [3.05, 3.63) is 0 Å². The van der Waals surface area contributed by atoms with Crippen LogP contribution < -0.4 is 5.32 Å². The summed E-state index contributed by atoms with van der Waals surface area (Å²) in [7, 11) is 0. The molecule has 1 unspecified atom stereocenters. The molecule has 0 aromatic carbocycles. The van der Waals surface area contributed by atoms with Gasteiger partial charge in [-0.1, -0.05) is 0 Å². The molecule has 3 atom stereocenters.